The number of fused-ring (bicyclic) bond motifs is 1. The van der Waals surface area contributed by atoms with Gasteiger partial charge in [-0.3, -0.25) is 9.59 Å². The van der Waals surface area contributed by atoms with Crippen LogP contribution in [0.2, 0.25) is 0 Å². The minimum absolute atomic E-state index is 0.166. The summed E-state index contributed by atoms with van der Waals surface area (Å²) in [7, 11) is 0. The van der Waals surface area contributed by atoms with Gasteiger partial charge in [-0.2, -0.15) is 0 Å². The molecule has 0 radical (unpaired) electrons. The van der Waals surface area contributed by atoms with E-state index < -0.39 is 12.1 Å². The number of benzene rings is 1. The molecule has 1 aliphatic heterocycles. The van der Waals surface area contributed by atoms with Crippen LogP contribution in [-0.4, -0.2) is 38.8 Å². The number of rotatable bonds is 4. The Labute approximate surface area is 137 Å². The van der Waals surface area contributed by atoms with Crippen LogP contribution in [0.15, 0.2) is 43.0 Å². The van der Waals surface area contributed by atoms with Crippen LogP contribution in [0.5, 0.6) is 0 Å². The summed E-state index contributed by atoms with van der Waals surface area (Å²) < 4.78 is 0. The molecule has 0 spiro atoms. The van der Waals surface area contributed by atoms with Crippen molar-refractivity contribution in [2.75, 3.05) is 0 Å². The fourth-order valence-corrected chi connectivity index (χ4v) is 3.10. The number of amides is 2. The van der Waals surface area contributed by atoms with Gasteiger partial charge in [-0.15, -0.1) is 0 Å². The highest BCUT2D eigenvalue weighted by atomic mass is 16.2. The molecule has 1 saturated heterocycles. The first kappa shape index (κ1) is 14.5. The van der Waals surface area contributed by atoms with E-state index in [1.54, 1.807) is 12.5 Å². The first-order valence-electron chi connectivity index (χ1n) is 7.84. The van der Waals surface area contributed by atoms with Gasteiger partial charge in [-0.1, -0.05) is 18.2 Å². The zero-order valence-electron chi connectivity index (χ0n) is 12.9. The molecule has 3 aromatic rings. The summed E-state index contributed by atoms with van der Waals surface area (Å²) in [6.45, 7) is 0. The van der Waals surface area contributed by atoms with Crippen molar-refractivity contribution in [3.05, 3.63) is 54.2 Å². The monoisotopic (exact) mass is 323 g/mol. The number of carbonyl (C=O) groups excluding carboxylic acids is 2. The normalized spacial score (nSPS) is 20.8. The van der Waals surface area contributed by atoms with Crippen molar-refractivity contribution >= 4 is 22.7 Å². The number of imidazole rings is 1. The Morgan fingerprint density at radius 2 is 1.71 bits per heavy atom. The highest BCUT2D eigenvalue weighted by molar-refractivity contribution is 5.97. The number of para-hydroxylation sites is 1. The van der Waals surface area contributed by atoms with E-state index in [4.69, 9.17) is 0 Å². The van der Waals surface area contributed by atoms with Gasteiger partial charge in [0.15, 0.2) is 0 Å². The lowest BCUT2D eigenvalue weighted by atomic mass is 10.00. The molecule has 0 saturated carbocycles. The van der Waals surface area contributed by atoms with E-state index >= 15 is 0 Å². The molecule has 0 unspecified atom stereocenters. The Morgan fingerprint density at radius 1 is 0.958 bits per heavy atom. The van der Waals surface area contributed by atoms with Gasteiger partial charge in [0, 0.05) is 36.1 Å². The predicted octanol–water partition coefficient (Wildman–Crippen LogP) is 0.659. The standard InChI is InChI=1S/C17H17N5O2/c23-16-14(5-10-7-19-13-4-2-1-3-12(10)13)21-17(24)15(22-16)6-11-8-18-9-20-11/h1-4,7-9,14-15,19H,5-6H2,(H,18,20)(H,21,24)(H,22,23)/t14-,15-/m0/s1. The van der Waals surface area contributed by atoms with Crippen LogP contribution < -0.4 is 10.6 Å². The van der Waals surface area contributed by atoms with Gasteiger partial charge < -0.3 is 20.6 Å². The van der Waals surface area contributed by atoms with Crippen LogP contribution in [0.4, 0.5) is 0 Å². The van der Waals surface area contributed by atoms with Crippen molar-refractivity contribution in [2.45, 2.75) is 24.9 Å². The molecule has 2 atom stereocenters. The maximum atomic E-state index is 12.4. The van der Waals surface area contributed by atoms with Gasteiger partial charge >= 0.3 is 0 Å². The van der Waals surface area contributed by atoms with Crippen molar-refractivity contribution in [3.63, 3.8) is 0 Å². The van der Waals surface area contributed by atoms with Gasteiger partial charge in [0.05, 0.1) is 12.0 Å². The van der Waals surface area contributed by atoms with Crippen LogP contribution in [-0.2, 0) is 22.4 Å². The lowest BCUT2D eigenvalue weighted by molar-refractivity contribution is -0.136. The van der Waals surface area contributed by atoms with E-state index in [2.05, 4.69) is 25.6 Å². The van der Waals surface area contributed by atoms with E-state index in [9.17, 15) is 9.59 Å². The number of piperazine rings is 1. The third-order valence-electron chi connectivity index (χ3n) is 4.33. The van der Waals surface area contributed by atoms with Crippen LogP contribution in [0.3, 0.4) is 0 Å². The van der Waals surface area contributed by atoms with Gasteiger partial charge in [0.25, 0.3) is 0 Å². The van der Waals surface area contributed by atoms with Crippen molar-refractivity contribution in [1.29, 1.82) is 0 Å². The second-order valence-electron chi connectivity index (χ2n) is 5.95. The number of carbonyl (C=O) groups is 2. The maximum Gasteiger partial charge on any atom is 0.243 e. The number of hydrogen-bond donors (Lipinski definition) is 4. The summed E-state index contributed by atoms with van der Waals surface area (Å²) >= 11 is 0. The fraction of sp³-hybridized carbons (Fsp3) is 0.235. The second-order valence-corrected chi connectivity index (χ2v) is 5.95. The second kappa shape index (κ2) is 5.84. The van der Waals surface area contributed by atoms with E-state index in [1.807, 2.05) is 30.5 Å². The topological polar surface area (TPSA) is 103 Å². The zero-order chi connectivity index (χ0) is 16.5. The van der Waals surface area contributed by atoms with Crippen LogP contribution in [0.1, 0.15) is 11.3 Å². The third kappa shape index (κ3) is 2.64. The molecule has 7 heteroatoms. The van der Waals surface area contributed by atoms with Crippen LogP contribution in [0.25, 0.3) is 10.9 Å². The molecule has 1 aromatic carbocycles. The van der Waals surface area contributed by atoms with Gasteiger partial charge in [-0.25, -0.2) is 4.98 Å². The Bertz CT molecular complexity index is 883. The first-order valence-corrected chi connectivity index (χ1v) is 7.84. The van der Waals surface area contributed by atoms with Crippen molar-refractivity contribution in [2.24, 2.45) is 0 Å². The van der Waals surface area contributed by atoms with E-state index in [-0.39, 0.29) is 11.8 Å². The summed E-state index contributed by atoms with van der Waals surface area (Å²) in [5.41, 5.74) is 2.77. The SMILES string of the molecule is O=C1N[C@@H](Cc2c[nH]c3ccccc23)C(=O)N[C@H]1Cc1c[nH]cn1. The number of nitrogens with one attached hydrogen (secondary N) is 4. The Morgan fingerprint density at radius 3 is 2.46 bits per heavy atom. The van der Waals surface area contributed by atoms with E-state index in [1.165, 1.54) is 0 Å². The van der Waals surface area contributed by atoms with Crippen LogP contribution >= 0.6 is 0 Å². The molecule has 24 heavy (non-hydrogen) atoms. The quantitative estimate of drug-likeness (QED) is 0.567. The van der Waals surface area contributed by atoms with Gasteiger partial charge in [0.2, 0.25) is 11.8 Å². The number of hydrogen-bond acceptors (Lipinski definition) is 3. The Kier molecular flexibility index (Phi) is 3.53. The molecule has 0 aliphatic carbocycles. The highest BCUT2D eigenvalue weighted by Crippen LogP contribution is 2.20. The van der Waals surface area contributed by atoms with Gasteiger partial charge in [-0.05, 0) is 11.6 Å². The number of aromatic amines is 2. The predicted molar refractivity (Wildman–Crippen MR) is 88.2 cm³/mol. The Balaban J connectivity index is 1.48. The average molecular weight is 323 g/mol. The summed E-state index contributed by atoms with van der Waals surface area (Å²) in [4.78, 5) is 34.8. The number of aromatic nitrogens is 3. The molecule has 0 bridgehead atoms. The smallest absolute Gasteiger partial charge is 0.243 e. The molecule has 1 fully saturated rings. The molecule has 4 N–H and O–H groups in total. The summed E-state index contributed by atoms with van der Waals surface area (Å²) in [5.74, 6) is -0.345. The molecule has 2 aromatic heterocycles. The molecular weight excluding hydrogens is 306 g/mol. The van der Waals surface area contributed by atoms with Crippen molar-refractivity contribution in [1.82, 2.24) is 25.6 Å². The van der Waals surface area contributed by atoms with E-state index in [0.29, 0.717) is 12.8 Å². The molecule has 1 aliphatic rings. The molecule has 2 amide bonds. The molecule has 7 nitrogen and oxygen atoms in total. The van der Waals surface area contributed by atoms with Crippen LogP contribution in [0, 0.1) is 0 Å². The lowest BCUT2D eigenvalue weighted by Gasteiger charge is -2.29. The fourth-order valence-electron chi connectivity index (χ4n) is 3.10. The summed E-state index contributed by atoms with van der Waals surface area (Å²) in [6, 6.07) is 6.76. The Hall–Kier alpha value is -3.09. The first-order chi connectivity index (χ1) is 11.7. The molecule has 122 valence electrons. The number of nitrogens with zero attached hydrogens (tertiary/aromatic N) is 1. The van der Waals surface area contributed by atoms with Gasteiger partial charge in [0.1, 0.15) is 12.1 Å². The minimum Gasteiger partial charge on any atom is -0.361 e. The molecular formula is C17H17N5O2. The molecule has 4 rings (SSSR count). The largest absolute Gasteiger partial charge is 0.361 e. The molecule has 3 heterocycles. The maximum absolute atomic E-state index is 12.4. The minimum atomic E-state index is -0.583. The lowest BCUT2D eigenvalue weighted by Crippen LogP contribution is -2.62. The third-order valence-corrected chi connectivity index (χ3v) is 4.33. The van der Waals surface area contributed by atoms with Crippen molar-refractivity contribution < 1.29 is 9.59 Å². The van der Waals surface area contributed by atoms with Crippen molar-refractivity contribution in [3.8, 4) is 0 Å². The number of H-pyrrole nitrogens is 2. The zero-order valence-corrected chi connectivity index (χ0v) is 12.9. The highest BCUT2D eigenvalue weighted by Gasteiger charge is 2.34. The average Bonchev–Trinajstić information content (AvgIpc) is 3.22. The summed E-state index contributed by atoms with van der Waals surface area (Å²) in [5, 5.41) is 6.70. The van der Waals surface area contributed by atoms with E-state index in [0.717, 1.165) is 22.2 Å². The summed E-state index contributed by atoms with van der Waals surface area (Å²) in [6.07, 6.45) is 5.99.